The van der Waals surface area contributed by atoms with E-state index in [4.69, 9.17) is 4.74 Å². The van der Waals surface area contributed by atoms with Gasteiger partial charge in [0.25, 0.3) is 0 Å². The summed E-state index contributed by atoms with van der Waals surface area (Å²) in [5, 5.41) is 15.3. The van der Waals surface area contributed by atoms with E-state index in [2.05, 4.69) is 16.8 Å². The van der Waals surface area contributed by atoms with E-state index in [1.165, 1.54) is 29.7 Å². The maximum atomic E-state index is 9.57. The summed E-state index contributed by atoms with van der Waals surface area (Å²) < 4.78 is 4.91. The summed E-state index contributed by atoms with van der Waals surface area (Å²) in [6.07, 6.45) is 4.12. The molecule has 0 radical (unpaired) electrons. The highest BCUT2D eigenvalue weighted by molar-refractivity contribution is 7.10. The average molecular weight is 255 g/mol. The molecule has 0 aromatic carbocycles. The molecule has 1 aliphatic carbocycles. The van der Waals surface area contributed by atoms with Crippen LogP contribution in [0, 0.1) is 0 Å². The zero-order chi connectivity index (χ0) is 12.1. The third-order valence-corrected chi connectivity index (χ3v) is 4.28. The molecule has 0 fully saturated rings. The molecule has 0 saturated carbocycles. The Balaban J connectivity index is 1.77. The fraction of sp³-hybridized carbons (Fsp3) is 0.692. The molecule has 1 aromatic rings. The summed E-state index contributed by atoms with van der Waals surface area (Å²) in [6, 6.07) is 2.72. The number of nitrogens with one attached hydrogen (secondary N) is 1. The SMILES string of the molecule is COCC(O)CCNC1CCCc2sccc21. The number of thiophene rings is 1. The van der Waals surface area contributed by atoms with Crippen LogP contribution in [0.2, 0.25) is 0 Å². The van der Waals surface area contributed by atoms with Crippen LogP contribution in [0.5, 0.6) is 0 Å². The molecule has 2 atom stereocenters. The highest BCUT2D eigenvalue weighted by Crippen LogP contribution is 2.33. The molecular formula is C13H21NO2S. The molecule has 1 heterocycles. The van der Waals surface area contributed by atoms with Crippen LogP contribution in [0.15, 0.2) is 11.4 Å². The van der Waals surface area contributed by atoms with Crippen LogP contribution >= 0.6 is 11.3 Å². The first-order valence-corrected chi connectivity index (χ1v) is 7.16. The standard InChI is InChI=1S/C13H21NO2S/c1-16-9-10(15)5-7-14-12-3-2-4-13-11(12)6-8-17-13/h6,8,10,12,14-15H,2-5,7,9H2,1H3. The van der Waals surface area contributed by atoms with Crippen molar-refractivity contribution in [1.82, 2.24) is 5.32 Å². The van der Waals surface area contributed by atoms with Crippen molar-refractivity contribution in [1.29, 1.82) is 0 Å². The maximum absolute atomic E-state index is 9.57. The molecule has 2 unspecified atom stereocenters. The molecular weight excluding hydrogens is 234 g/mol. The van der Waals surface area contributed by atoms with E-state index < -0.39 is 0 Å². The Morgan fingerprint density at radius 2 is 2.53 bits per heavy atom. The Kier molecular flexibility index (Phi) is 4.98. The van der Waals surface area contributed by atoms with Crippen molar-refractivity contribution in [2.24, 2.45) is 0 Å². The normalized spacial score (nSPS) is 21.2. The molecule has 4 heteroatoms. The van der Waals surface area contributed by atoms with Gasteiger partial charge in [0.05, 0.1) is 12.7 Å². The molecule has 96 valence electrons. The fourth-order valence-corrected chi connectivity index (χ4v) is 3.39. The number of aliphatic hydroxyl groups excluding tert-OH is 1. The molecule has 1 aliphatic rings. The van der Waals surface area contributed by atoms with Crippen molar-refractivity contribution in [3.63, 3.8) is 0 Å². The Bertz CT molecular complexity index is 340. The van der Waals surface area contributed by atoms with E-state index in [1.807, 2.05) is 11.3 Å². The molecule has 17 heavy (non-hydrogen) atoms. The van der Waals surface area contributed by atoms with Gasteiger partial charge in [-0.3, -0.25) is 0 Å². The van der Waals surface area contributed by atoms with Crippen molar-refractivity contribution in [2.75, 3.05) is 20.3 Å². The van der Waals surface area contributed by atoms with Gasteiger partial charge in [-0.1, -0.05) is 0 Å². The van der Waals surface area contributed by atoms with E-state index in [0.717, 1.165) is 13.0 Å². The first kappa shape index (κ1) is 13.0. The van der Waals surface area contributed by atoms with Crippen molar-refractivity contribution in [3.05, 3.63) is 21.9 Å². The second kappa shape index (κ2) is 6.50. The van der Waals surface area contributed by atoms with E-state index >= 15 is 0 Å². The molecule has 3 nitrogen and oxygen atoms in total. The molecule has 2 N–H and O–H groups in total. The molecule has 0 spiro atoms. The first-order chi connectivity index (χ1) is 8.31. The monoisotopic (exact) mass is 255 g/mol. The Hall–Kier alpha value is -0.420. The lowest BCUT2D eigenvalue weighted by Crippen LogP contribution is -2.28. The lowest BCUT2D eigenvalue weighted by molar-refractivity contribution is 0.0588. The van der Waals surface area contributed by atoms with Gasteiger partial charge in [-0.25, -0.2) is 0 Å². The molecule has 2 rings (SSSR count). The first-order valence-electron chi connectivity index (χ1n) is 6.28. The van der Waals surface area contributed by atoms with Gasteiger partial charge in [0.2, 0.25) is 0 Å². The number of fused-ring (bicyclic) bond motifs is 1. The Morgan fingerprint density at radius 3 is 3.35 bits per heavy atom. The van der Waals surface area contributed by atoms with Gasteiger partial charge in [-0.05, 0) is 49.2 Å². The van der Waals surface area contributed by atoms with Gasteiger partial charge in [-0.2, -0.15) is 0 Å². The van der Waals surface area contributed by atoms with Crippen LogP contribution in [0.4, 0.5) is 0 Å². The third kappa shape index (κ3) is 3.52. The highest BCUT2D eigenvalue weighted by atomic mass is 32.1. The predicted octanol–water partition coefficient (Wildman–Crippen LogP) is 2.11. The van der Waals surface area contributed by atoms with E-state index in [1.54, 1.807) is 7.11 Å². The van der Waals surface area contributed by atoms with Gasteiger partial charge in [0.15, 0.2) is 0 Å². The quantitative estimate of drug-likeness (QED) is 0.818. The summed E-state index contributed by atoms with van der Waals surface area (Å²) in [7, 11) is 1.62. The number of aryl methyl sites for hydroxylation is 1. The van der Waals surface area contributed by atoms with Crippen LogP contribution in [0.1, 0.15) is 35.7 Å². The van der Waals surface area contributed by atoms with Crippen molar-refractivity contribution >= 4 is 11.3 Å². The molecule has 1 aromatic heterocycles. The maximum Gasteiger partial charge on any atom is 0.0785 e. The van der Waals surface area contributed by atoms with Crippen molar-refractivity contribution < 1.29 is 9.84 Å². The summed E-state index contributed by atoms with van der Waals surface area (Å²) in [5.74, 6) is 0. The van der Waals surface area contributed by atoms with E-state index in [0.29, 0.717) is 12.6 Å². The number of hydrogen-bond acceptors (Lipinski definition) is 4. The predicted molar refractivity (Wildman–Crippen MR) is 70.5 cm³/mol. The molecule has 0 saturated heterocycles. The van der Waals surface area contributed by atoms with Gasteiger partial charge in [0, 0.05) is 18.0 Å². The second-order valence-electron chi connectivity index (χ2n) is 4.60. The van der Waals surface area contributed by atoms with Crippen LogP contribution < -0.4 is 5.32 Å². The molecule has 0 bridgehead atoms. The number of aliphatic hydroxyl groups is 1. The lowest BCUT2D eigenvalue weighted by atomic mass is 9.94. The number of hydrogen-bond donors (Lipinski definition) is 2. The highest BCUT2D eigenvalue weighted by Gasteiger charge is 2.20. The van der Waals surface area contributed by atoms with Crippen LogP contribution in [0.3, 0.4) is 0 Å². The average Bonchev–Trinajstić information content (AvgIpc) is 2.78. The zero-order valence-electron chi connectivity index (χ0n) is 10.3. The smallest absolute Gasteiger partial charge is 0.0785 e. The summed E-state index contributed by atoms with van der Waals surface area (Å²) in [4.78, 5) is 1.53. The third-order valence-electron chi connectivity index (χ3n) is 3.28. The molecule has 0 aliphatic heterocycles. The molecule has 0 amide bonds. The van der Waals surface area contributed by atoms with Crippen LogP contribution in [0.25, 0.3) is 0 Å². The van der Waals surface area contributed by atoms with E-state index in [9.17, 15) is 5.11 Å². The number of rotatable bonds is 6. The minimum Gasteiger partial charge on any atom is -0.391 e. The minimum absolute atomic E-state index is 0.349. The number of methoxy groups -OCH3 is 1. The van der Waals surface area contributed by atoms with Crippen LogP contribution in [-0.4, -0.2) is 31.5 Å². The van der Waals surface area contributed by atoms with Crippen molar-refractivity contribution in [3.8, 4) is 0 Å². The second-order valence-corrected chi connectivity index (χ2v) is 5.60. The Labute approximate surface area is 107 Å². The van der Waals surface area contributed by atoms with Crippen LogP contribution in [-0.2, 0) is 11.2 Å². The summed E-state index contributed by atoms with van der Waals surface area (Å²) >= 11 is 1.87. The van der Waals surface area contributed by atoms with Gasteiger partial charge in [-0.15, -0.1) is 11.3 Å². The van der Waals surface area contributed by atoms with Crippen molar-refractivity contribution in [2.45, 2.75) is 37.8 Å². The van der Waals surface area contributed by atoms with Gasteiger partial charge in [0.1, 0.15) is 0 Å². The largest absolute Gasteiger partial charge is 0.391 e. The minimum atomic E-state index is -0.349. The topological polar surface area (TPSA) is 41.5 Å². The lowest BCUT2D eigenvalue weighted by Gasteiger charge is -2.24. The summed E-state index contributed by atoms with van der Waals surface area (Å²) in [5.41, 5.74) is 1.47. The Morgan fingerprint density at radius 1 is 1.65 bits per heavy atom. The fourth-order valence-electron chi connectivity index (χ4n) is 2.40. The van der Waals surface area contributed by atoms with Gasteiger partial charge >= 0.3 is 0 Å². The van der Waals surface area contributed by atoms with E-state index in [-0.39, 0.29) is 6.10 Å². The summed E-state index contributed by atoms with van der Waals surface area (Å²) in [6.45, 7) is 1.28. The zero-order valence-corrected chi connectivity index (χ0v) is 11.1. The number of ether oxygens (including phenoxy) is 1. The van der Waals surface area contributed by atoms with Gasteiger partial charge < -0.3 is 15.2 Å².